The third-order valence-electron chi connectivity index (χ3n) is 5.30. The van der Waals surface area contributed by atoms with Gasteiger partial charge in [0.25, 0.3) is 0 Å². The predicted octanol–water partition coefficient (Wildman–Crippen LogP) is 6.21. The summed E-state index contributed by atoms with van der Waals surface area (Å²) >= 11 is 13.4. The number of rotatable bonds is 10. The summed E-state index contributed by atoms with van der Waals surface area (Å²) in [6.07, 6.45) is 0. The number of nitrogens with zero attached hydrogens (tertiary/aromatic N) is 3. The minimum atomic E-state index is -0.228. The Bertz CT molecular complexity index is 1380. The molecule has 0 aliphatic rings. The lowest BCUT2D eigenvalue weighted by atomic mass is 10.2. The number of ether oxygens (including phenoxy) is 3. The SMILES string of the molecule is COc1ccc(-n2c(COc3ccc(Cl)cc3)nnc2SCC(=O)Nc2cc(C)c(Cl)cc2OC)cc1. The molecule has 0 bridgehead atoms. The summed E-state index contributed by atoms with van der Waals surface area (Å²) in [7, 11) is 3.13. The van der Waals surface area contributed by atoms with E-state index >= 15 is 0 Å². The molecule has 0 unspecified atom stereocenters. The number of carbonyl (C=O) groups excluding carboxylic acids is 1. The van der Waals surface area contributed by atoms with Crippen LogP contribution >= 0.6 is 35.0 Å². The molecule has 192 valence electrons. The Balaban J connectivity index is 1.53. The largest absolute Gasteiger partial charge is 0.497 e. The Kier molecular flexibility index (Phi) is 8.81. The van der Waals surface area contributed by atoms with E-state index in [-0.39, 0.29) is 18.3 Å². The third-order valence-corrected chi connectivity index (χ3v) is 6.89. The average molecular weight is 559 g/mol. The molecule has 0 fully saturated rings. The van der Waals surface area contributed by atoms with Gasteiger partial charge in [-0.1, -0.05) is 35.0 Å². The Morgan fingerprint density at radius 2 is 1.68 bits per heavy atom. The van der Waals surface area contributed by atoms with Crippen molar-refractivity contribution in [1.29, 1.82) is 0 Å². The van der Waals surface area contributed by atoms with Crippen molar-refractivity contribution in [3.05, 3.63) is 82.1 Å². The molecule has 11 heteroatoms. The molecule has 0 saturated heterocycles. The van der Waals surface area contributed by atoms with E-state index in [9.17, 15) is 4.79 Å². The highest BCUT2D eigenvalue weighted by Gasteiger charge is 2.18. The zero-order chi connectivity index (χ0) is 26.4. The van der Waals surface area contributed by atoms with Gasteiger partial charge in [0, 0.05) is 21.8 Å². The van der Waals surface area contributed by atoms with Crippen LogP contribution in [0.4, 0.5) is 5.69 Å². The number of hydrogen-bond acceptors (Lipinski definition) is 7. The highest BCUT2D eigenvalue weighted by atomic mass is 35.5. The van der Waals surface area contributed by atoms with Crippen LogP contribution in [0.1, 0.15) is 11.4 Å². The van der Waals surface area contributed by atoms with Crippen LogP contribution < -0.4 is 19.5 Å². The second-order valence-electron chi connectivity index (χ2n) is 7.81. The van der Waals surface area contributed by atoms with Gasteiger partial charge in [0.2, 0.25) is 5.91 Å². The van der Waals surface area contributed by atoms with E-state index in [2.05, 4.69) is 15.5 Å². The molecule has 1 aromatic heterocycles. The lowest BCUT2D eigenvalue weighted by molar-refractivity contribution is -0.113. The highest BCUT2D eigenvalue weighted by Crippen LogP contribution is 2.31. The summed E-state index contributed by atoms with van der Waals surface area (Å²) in [5.41, 5.74) is 2.18. The first-order valence-corrected chi connectivity index (χ1v) is 12.9. The molecule has 0 atom stereocenters. The van der Waals surface area contributed by atoms with Crippen molar-refractivity contribution in [3.8, 4) is 22.9 Å². The molecule has 0 saturated carbocycles. The zero-order valence-corrected chi connectivity index (χ0v) is 22.7. The summed E-state index contributed by atoms with van der Waals surface area (Å²) in [5, 5.41) is 13.2. The van der Waals surface area contributed by atoms with Crippen molar-refractivity contribution >= 4 is 46.6 Å². The molecule has 1 N–H and O–H groups in total. The zero-order valence-electron chi connectivity index (χ0n) is 20.3. The van der Waals surface area contributed by atoms with E-state index < -0.39 is 0 Å². The number of nitrogens with one attached hydrogen (secondary N) is 1. The second-order valence-corrected chi connectivity index (χ2v) is 9.60. The lowest BCUT2D eigenvalue weighted by Crippen LogP contribution is -2.15. The van der Waals surface area contributed by atoms with Gasteiger partial charge in [0.05, 0.1) is 25.7 Å². The van der Waals surface area contributed by atoms with Gasteiger partial charge >= 0.3 is 0 Å². The minimum absolute atomic E-state index is 0.0944. The van der Waals surface area contributed by atoms with Gasteiger partial charge in [0.15, 0.2) is 11.0 Å². The molecular weight excluding hydrogens is 535 g/mol. The molecule has 3 aromatic carbocycles. The number of methoxy groups -OCH3 is 2. The quantitative estimate of drug-likeness (QED) is 0.231. The topological polar surface area (TPSA) is 87.5 Å². The van der Waals surface area contributed by atoms with Crippen molar-refractivity contribution in [1.82, 2.24) is 14.8 Å². The van der Waals surface area contributed by atoms with Crippen LogP contribution in [0, 0.1) is 6.92 Å². The van der Waals surface area contributed by atoms with E-state index in [1.807, 2.05) is 35.8 Å². The molecular formula is C26H24Cl2N4O4S. The molecule has 4 aromatic rings. The second kappa shape index (κ2) is 12.2. The first kappa shape index (κ1) is 26.7. The summed E-state index contributed by atoms with van der Waals surface area (Å²) < 4.78 is 18.4. The molecule has 0 aliphatic heterocycles. The van der Waals surface area contributed by atoms with Crippen LogP contribution in [0.5, 0.6) is 17.2 Å². The number of aromatic nitrogens is 3. The normalized spacial score (nSPS) is 10.7. The molecule has 37 heavy (non-hydrogen) atoms. The van der Waals surface area contributed by atoms with Gasteiger partial charge in [-0.3, -0.25) is 9.36 Å². The Labute approximate surface area is 228 Å². The van der Waals surface area contributed by atoms with Crippen LogP contribution in [-0.2, 0) is 11.4 Å². The van der Waals surface area contributed by atoms with Crippen LogP contribution in [-0.4, -0.2) is 40.6 Å². The lowest BCUT2D eigenvalue weighted by Gasteiger charge is -2.13. The van der Waals surface area contributed by atoms with Gasteiger partial charge in [0.1, 0.15) is 23.9 Å². The van der Waals surface area contributed by atoms with Crippen molar-refractivity contribution < 1.29 is 19.0 Å². The monoisotopic (exact) mass is 558 g/mol. The summed E-state index contributed by atoms with van der Waals surface area (Å²) in [4.78, 5) is 12.8. The summed E-state index contributed by atoms with van der Waals surface area (Å²) in [5.74, 6) is 2.28. The predicted molar refractivity (Wildman–Crippen MR) is 146 cm³/mol. The molecule has 0 aliphatic carbocycles. The minimum Gasteiger partial charge on any atom is -0.497 e. The number of hydrogen-bond donors (Lipinski definition) is 1. The van der Waals surface area contributed by atoms with Crippen molar-refractivity contribution in [2.24, 2.45) is 0 Å². The van der Waals surface area contributed by atoms with Crippen LogP contribution in [0.3, 0.4) is 0 Å². The number of thioether (sulfide) groups is 1. The van der Waals surface area contributed by atoms with Crippen LogP contribution in [0.15, 0.2) is 65.8 Å². The highest BCUT2D eigenvalue weighted by molar-refractivity contribution is 7.99. The van der Waals surface area contributed by atoms with Crippen molar-refractivity contribution in [2.45, 2.75) is 18.7 Å². The van der Waals surface area contributed by atoms with Gasteiger partial charge in [-0.25, -0.2) is 0 Å². The smallest absolute Gasteiger partial charge is 0.234 e. The average Bonchev–Trinajstić information content (AvgIpc) is 3.32. The Morgan fingerprint density at radius 1 is 0.973 bits per heavy atom. The fourth-order valence-corrected chi connectivity index (χ4v) is 4.45. The number of anilines is 1. The number of benzene rings is 3. The Morgan fingerprint density at radius 3 is 2.35 bits per heavy atom. The summed E-state index contributed by atoms with van der Waals surface area (Å²) in [6, 6.07) is 18.0. The first-order valence-electron chi connectivity index (χ1n) is 11.1. The third kappa shape index (κ3) is 6.68. The first-order chi connectivity index (χ1) is 17.9. The fourth-order valence-electron chi connectivity index (χ4n) is 3.40. The maximum absolute atomic E-state index is 12.8. The molecule has 0 radical (unpaired) electrons. The van der Waals surface area contributed by atoms with Gasteiger partial charge in [-0.05, 0) is 67.1 Å². The Hall–Kier alpha value is -3.40. The fraction of sp³-hybridized carbons (Fsp3) is 0.192. The van der Waals surface area contributed by atoms with E-state index in [1.54, 1.807) is 43.5 Å². The van der Waals surface area contributed by atoms with Gasteiger partial charge in [-0.15, -0.1) is 10.2 Å². The van der Waals surface area contributed by atoms with Crippen LogP contribution in [0.25, 0.3) is 5.69 Å². The van der Waals surface area contributed by atoms with Crippen molar-refractivity contribution in [3.63, 3.8) is 0 Å². The van der Waals surface area contributed by atoms with Gasteiger partial charge in [-0.2, -0.15) is 0 Å². The van der Waals surface area contributed by atoms with E-state index in [0.717, 1.165) is 17.0 Å². The van der Waals surface area contributed by atoms with E-state index in [4.69, 9.17) is 37.4 Å². The van der Waals surface area contributed by atoms with Gasteiger partial charge < -0.3 is 19.5 Å². The molecule has 1 heterocycles. The number of amides is 1. The van der Waals surface area contributed by atoms with E-state index in [1.165, 1.54) is 18.9 Å². The molecule has 4 rings (SSSR count). The van der Waals surface area contributed by atoms with E-state index in [0.29, 0.717) is 38.2 Å². The number of aryl methyl sites for hydroxylation is 1. The van der Waals surface area contributed by atoms with Crippen molar-refractivity contribution in [2.75, 3.05) is 25.3 Å². The maximum atomic E-state index is 12.8. The van der Waals surface area contributed by atoms with Crippen LogP contribution in [0.2, 0.25) is 10.0 Å². The molecule has 0 spiro atoms. The standard InChI is InChI=1S/C26H24Cl2N4O4S/c1-16-12-22(23(35-3)13-21(16)28)29-25(33)15-37-26-31-30-24(14-36-20-8-4-17(27)5-9-20)32(26)18-6-10-19(34-2)11-7-18/h4-13H,14-15H2,1-3H3,(H,29,33). The maximum Gasteiger partial charge on any atom is 0.234 e. The summed E-state index contributed by atoms with van der Waals surface area (Å²) in [6.45, 7) is 2.02. The molecule has 8 nitrogen and oxygen atoms in total. The molecule has 1 amide bonds. The number of carbonyl (C=O) groups is 1. The number of halogens is 2.